The van der Waals surface area contributed by atoms with E-state index in [0.29, 0.717) is 12.0 Å². The quantitative estimate of drug-likeness (QED) is 0.564. The average molecular weight is 158 g/mol. The molecule has 1 aliphatic heterocycles. The number of hydrogen-bond acceptors (Lipinski definition) is 3. The first-order valence-corrected chi connectivity index (χ1v) is 4.30. The van der Waals surface area contributed by atoms with Crippen LogP contribution in [0.4, 0.5) is 0 Å². The fourth-order valence-corrected chi connectivity index (χ4v) is 1.56. The second-order valence-corrected chi connectivity index (χ2v) is 3.22. The van der Waals surface area contributed by atoms with E-state index in [0.717, 1.165) is 26.1 Å². The van der Waals surface area contributed by atoms with Crippen molar-refractivity contribution in [2.45, 2.75) is 18.9 Å². The van der Waals surface area contributed by atoms with E-state index >= 15 is 0 Å². The largest absolute Gasteiger partial charge is 0.385 e. The summed E-state index contributed by atoms with van der Waals surface area (Å²) in [6.45, 7) is 2.94. The Kier molecular flexibility index (Phi) is 3.83. The van der Waals surface area contributed by atoms with E-state index in [4.69, 9.17) is 10.5 Å². The van der Waals surface area contributed by atoms with Crippen LogP contribution in [0.1, 0.15) is 12.8 Å². The molecule has 0 bridgehead atoms. The van der Waals surface area contributed by atoms with Crippen LogP contribution in [0.2, 0.25) is 0 Å². The van der Waals surface area contributed by atoms with Gasteiger partial charge in [0.15, 0.2) is 0 Å². The van der Waals surface area contributed by atoms with Crippen LogP contribution < -0.4 is 11.1 Å². The van der Waals surface area contributed by atoms with Gasteiger partial charge in [-0.1, -0.05) is 0 Å². The molecule has 0 aliphatic carbocycles. The lowest BCUT2D eigenvalue weighted by Gasteiger charge is -2.12. The van der Waals surface area contributed by atoms with Crippen LogP contribution in [0.25, 0.3) is 0 Å². The van der Waals surface area contributed by atoms with Gasteiger partial charge in [-0.05, 0) is 25.3 Å². The molecule has 1 saturated heterocycles. The number of rotatable bonds is 4. The highest BCUT2D eigenvalue weighted by atomic mass is 16.5. The van der Waals surface area contributed by atoms with E-state index < -0.39 is 0 Å². The van der Waals surface area contributed by atoms with Crippen LogP contribution >= 0.6 is 0 Å². The van der Waals surface area contributed by atoms with Crippen LogP contribution in [0.3, 0.4) is 0 Å². The molecule has 2 atom stereocenters. The summed E-state index contributed by atoms with van der Waals surface area (Å²) in [7, 11) is 1.74. The lowest BCUT2D eigenvalue weighted by molar-refractivity contribution is 0.186. The fourth-order valence-electron chi connectivity index (χ4n) is 1.56. The van der Waals surface area contributed by atoms with Crippen molar-refractivity contribution in [3.63, 3.8) is 0 Å². The predicted molar refractivity (Wildman–Crippen MR) is 45.4 cm³/mol. The van der Waals surface area contributed by atoms with Crippen molar-refractivity contribution in [1.29, 1.82) is 0 Å². The van der Waals surface area contributed by atoms with Gasteiger partial charge in [0, 0.05) is 26.3 Å². The summed E-state index contributed by atoms with van der Waals surface area (Å²) in [5.41, 5.74) is 5.86. The molecule has 1 aliphatic rings. The van der Waals surface area contributed by atoms with E-state index in [1.807, 2.05) is 0 Å². The Morgan fingerprint density at radius 1 is 1.55 bits per heavy atom. The molecule has 11 heavy (non-hydrogen) atoms. The second kappa shape index (κ2) is 4.70. The molecule has 3 nitrogen and oxygen atoms in total. The summed E-state index contributed by atoms with van der Waals surface area (Å²) in [6, 6.07) is 0.367. The number of hydrogen-bond donors (Lipinski definition) is 2. The zero-order valence-electron chi connectivity index (χ0n) is 7.18. The van der Waals surface area contributed by atoms with Crippen molar-refractivity contribution < 1.29 is 4.74 Å². The van der Waals surface area contributed by atoms with E-state index in [1.165, 1.54) is 6.42 Å². The van der Waals surface area contributed by atoms with Gasteiger partial charge >= 0.3 is 0 Å². The third-order valence-corrected chi connectivity index (χ3v) is 2.32. The maximum absolute atomic E-state index is 5.86. The first-order chi connectivity index (χ1) is 5.34. The van der Waals surface area contributed by atoms with Crippen LogP contribution in [-0.2, 0) is 4.74 Å². The summed E-state index contributed by atoms with van der Waals surface area (Å²) in [5, 5.41) is 3.28. The fraction of sp³-hybridized carbons (Fsp3) is 1.00. The number of methoxy groups -OCH3 is 1. The summed E-state index contributed by atoms with van der Waals surface area (Å²) >= 11 is 0. The minimum atomic E-state index is 0.367. The average Bonchev–Trinajstić information content (AvgIpc) is 2.37. The molecule has 1 heterocycles. The lowest BCUT2D eigenvalue weighted by atomic mass is 9.99. The van der Waals surface area contributed by atoms with Gasteiger partial charge in [-0.2, -0.15) is 0 Å². The van der Waals surface area contributed by atoms with E-state index in [-0.39, 0.29) is 0 Å². The Bertz CT molecular complexity index is 108. The molecule has 66 valence electrons. The van der Waals surface area contributed by atoms with Gasteiger partial charge in [0.1, 0.15) is 0 Å². The van der Waals surface area contributed by atoms with Crippen molar-refractivity contribution in [2.24, 2.45) is 11.7 Å². The molecule has 0 aromatic rings. The van der Waals surface area contributed by atoms with Gasteiger partial charge in [-0.15, -0.1) is 0 Å². The zero-order chi connectivity index (χ0) is 8.10. The maximum Gasteiger partial charge on any atom is 0.0462 e. The second-order valence-electron chi connectivity index (χ2n) is 3.22. The molecule has 0 saturated carbocycles. The Morgan fingerprint density at radius 2 is 2.36 bits per heavy atom. The lowest BCUT2D eigenvalue weighted by Crippen LogP contribution is -2.29. The summed E-state index contributed by atoms with van der Waals surface area (Å²) in [6.07, 6.45) is 2.33. The van der Waals surface area contributed by atoms with E-state index in [9.17, 15) is 0 Å². The molecule has 0 aromatic carbocycles. The summed E-state index contributed by atoms with van der Waals surface area (Å²) in [5.74, 6) is 0.671. The predicted octanol–water partition coefficient (Wildman–Crippen LogP) is -0.0403. The first kappa shape index (κ1) is 8.97. The smallest absolute Gasteiger partial charge is 0.0462 e. The molecular formula is C8H18N2O. The van der Waals surface area contributed by atoms with Gasteiger partial charge in [0.2, 0.25) is 0 Å². The molecule has 1 rings (SSSR count). The van der Waals surface area contributed by atoms with Gasteiger partial charge in [0.05, 0.1) is 0 Å². The van der Waals surface area contributed by atoms with E-state index in [1.54, 1.807) is 7.11 Å². The highest BCUT2D eigenvalue weighted by Gasteiger charge is 2.22. The van der Waals surface area contributed by atoms with Crippen molar-refractivity contribution in [2.75, 3.05) is 26.8 Å². The summed E-state index contributed by atoms with van der Waals surface area (Å²) in [4.78, 5) is 0. The monoisotopic (exact) mass is 158 g/mol. The normalized spacial score (nSPS) is 31.1. The Balaban J connectivity index is 2.05. The third-order valence-electron chi connectivity index (χ3n) is 2.32. The van der Waals surface area contributed by atoms with Crippen molar-refractivity contribution in [3.8, 4) is 0 Å². The minimum Gasteiger partial charge on any atom is -0.385 e. The molecule has 3 heteroatoms. The van der Waals surface area contributed by atoms with Crippen molar-refractivity contribution in [1.82, 2.24) is 5.32 Å². The van der Waals surface area contributed by atoms with Crippen LogP contribution in [0, 0.1) is 5.92 Å². The highest BCUT2D eigenvalue weighted by Crippen LogP contribution is 2.13. The first-order valence-electron chi connectivity index (χ1n) is 4.30. The zero-order valence-corrected chi connectivity index (χ0v) is 7.18. The van der Waals surface area contributed by atoms with Crippen LogP contribution in [-0.4, -0.2) is 32.8 Å². The molecular weight excluding hydrogens is 140 g/mol. The molecule has 0 aromatic heterocycles. The minimum absolute atomic E-state index is 0.367. The van der Waals surface area contributed by atoms with E-state index in [2.05, 4.69) is 5.32 Å². The standard InChI is InChI=1S/C8H18N2O/c1-11-4-2-3-7-5-10-6-8(7)9/h7-8,10H,2-6,9H2,1H3/t7-,8+/m1/s1. The molecule has 3 N–H and O–H groups in total. The molecule has 0 amide bonds. The third kappa shape index (κ3) is 2.77. The van der Waals surface area contributed by atoms with Crippen LogP contribution in [0.15, 0.2) is 0 Å². The molecule has 0 radical (unpaired) electrons. The van der Waals surface area contributed by atoms with Gasteiger partial charge in [-0.3, -0.25) is 0 Å². The van der Waals surface area contributed by atoms with Gasteiger partial charge in [0.25, 0.3) is 0 Å². The Labute approximate surface area is 68.3 Å². The number of nitrogens with one attached hydrogen (secondary N) is 1. The SMILES string of the molecule is COCCC[C@@H]1CNC[C@@H]1N. The topological polar surface area (TPSA) is 47.3 Å². The Morgan fingerprint density at radius 3 is 2.91 bits per heavy atom. The van der Waals surface area contributed by atoms with Gasteiger partial charge in [-0.25, -0.2) is 0 Å². The van der Waals surface area contributed by atoms with Crippen molar-refractivity contribution >= 4 is 0 Å². The Hall–Kier alpha value is -0.120. The number of nitrogens with two attached hydrogens (primary N) is 1. The molecule has 1 fully saturated rings. The number of ether oxygens (including phenoxy) is 1. The summed E-state index contributed by atoms with van der Waals surface area (Å²) < 4.78 is 4.98. The van der Waals surface area contributed by atoms with Crippen molar-refractivity contribution in [3.05, 3.63) is 0 Å². The highest BCUT2D eigenvalue weighted by molar-refractivity contribution is 4.83. The molecule has 0 unspecified atom stereocenters. The van der Waals surface area contributed by atoms with Gasteiger partial charge < -0.3 is 15.8 Å². The van der Waals surface area contributed by atoms with Crippen LogP contribution in [0.5, 0.6) is 0 Å². The maximum atomic E-state index is 5.86. The molecule has 0 spiro atoms.